The van der Waals surface area contributed by atoms with Gasteiger partial charge in [-0.3, -0.25) is 0 Å². The summed E-state index contributed by atoms with van der Waals surface area (Å²) >= 11 is 0. The second-order valence-corrected chi connectivity index (χ2v) is 22.4. The minimum atomic E-state index is 0.000682. The second-order valence-electron chi connectivity index (χ2n) is 22.4. The summed E-state index contributed by atoms with van der Waals surface area (Å²) in [5.41, 5.74) is 21.6. The fourth-order valence-corrected chi connectivity index (χ4v) is 13.0. The first-order valence-corrected chi connectivity index (χ1v) is 26.9. The lowest BCUT2D eigenvalue weighted by Crippen LogP contribution is -2.18. The molecule has 358 valence electrons. The van der Waals surface area contributed by atoms with E-state index in [4.69, 9.17) is 0 Å². The molecule has 2 aliphatic rings. The van der Waals surface area contributed by atoms with Crippen LogP contribution in [0.5, 0.6) is 0 Å². The van der Waals surface area contributed by atoms with Crippen molar-refractivity contribution in [2.45, 2.75) is 117 Å². The molecule has 0 amide bonds. The molecule has 0 heterocycles. The molecule has 0 atom stereocenters. The van der Waals surface area contributed by atoms with Gasteiger partial charge in [0.05, 0.1) is 22.7 Å². The van der Waals surface area contributed by atoms with Gasteiger partial charge in [0.2, 0.25) is 0 Å². The third kappa shape index (κ3) is 8.04. The van der Waals surface area contributed by atoms with Crippen molar-refractivity contribution in [3.63, 3.8) is 0 Å². The molecule has 10 aromatic carbocycles. The summed E-state index contributed by atoms with van der Waals surface area (Å²) in [6.45, 7) is 16.4. The fourth-order valence-electron chi connectivity index (χ4n) is 13.0. The summed E-state index contributed by atoms with van der Waals surface area (Å²) in [5.74, 6) is 1.15. The minimum Gasteiger partial charge on any atom is -0.309 e. The topological polar surface area (TPSA) is 6.48 Å². The van der Waals surface area contributed by atoms with E-state index in [2.05, 4.69) is 234 Å². The average Bonchev–Trinajstić information content (AvgIpc) is 4.16. The third-order valence-electron chi connectivity index (χ3n) is 16.8. The maximum Gasteiger partial charge on any atom is 0.0561 e. The number of rotatable bonds is 10. The monoisotopic (exact) mass is 937 g/mol. The molecule has 10 aromatic rings. The van der Waals surface area contributed by atoms with E-state index in [0.717, 1.165) is 0 Å². The van der Waals surface area contributed by atoms with Gasteiger partial charge in [0.1, 0.15) is 0 Å². The SMILES string of the molecule is Cc1ccc(-c2ccccc2)c(C)c1N(c1cccc(C2CCCC2)c1)c1cc(N(c2cccc(C3CCCC3)c2)c2c(C)ccc(-c3ccccc3)c2C)c2ccc3cc(C(C)(C)C)cc4ccc1c2c43. The van der Waals surface area contributed by atoms with Crippen molar-refractivity contribution in [1.82, 2.24) is 0 Å². The Morgan fingerprint density at radius 2 is 0.833 bits per heavy atom. The summed E-state index contributed by atoms with van der Waals surface area (Å²) in [4.78, 5) is 5.33. The van der Waals surface area contributed by atoms with Crippen LogP contribution in [0.15, 0.2) is 176 Å². The van der Waals surface area contributed by atoms with Crippen molar-refractivity contribution >= 4 is 66.4 Å². The van der Waals surface area contributed by atoms with Crippen LogP contribution in [0.2, 0.25) is 0 Å². The Hall–Kier alpha value is -7.16. The van der Waals surface area contributed by atoms with Gasteiger partial charge in [-0.1, -0.05) is 192 Å². The molecular weight excluding hydrogens is 869 g/mol. The van der Waals surface area contributed by atoms with E-state index < -0.39 is 0 Å². The second kappa shape index (κ2) is 18.5. The van der Waals surface area contributed by atoms with E-state index in [0.29, 0.717) is 11.8 Å². The summed E-state index contributed by atoms with van der Waals surface area (Å²) < 4.78 is 0. The molecule has 2 saturated carbocycles. The molecule has 0 bridgehead atoms. The van der Waals surface area contributed by atoms with Crippen molar-refractivity contribution in [3.8, 4) is 22.3 Å². The molecule has 0 radical (unpaired) electrons. The molecule has 2 nitrogen and oxygen atoms in total. The standard InChI is InChI=1S/C70H68N2/c1-45-32-36-60(51-24-10-8-11-25-51)47(3)68(45)71(58-30-18-28-53(42-58)49-20-14-15-21-49)64-44-65(63-39-35-56-41-57(70(5,6)7)40-55-34-38-62(64)67(63)66(55)56)72(59-31-19-29-54(43-59)50-22-16-17-23-50)69-46(2)33-37-61(48(69)4)52-26-12-9-13-27-52/h8-13,18-19,24-44,49-50H,14-17,20-23H2,1-7H3. The summed E-state index contributed by atoms with van der Waals surface area (Å²) in [6, 6.07) is 67.9. The first-order valence-electron chi connectivity index (χ1n) is 26.9. The van der Waals surface area contributed by atoms with E-state index in [1.165, 1.54) is 179 Å². The molecule has 72 heavy (non-hydrogen) atoms. The highest BCUT2D eigenvalue weighted by atomic mass is 15.2. The Balaban J connectivity index is 1.23. The zero-order valence-corrected chi connectivity index (χ0v) is 43.4. The van der Waals surface area contributed by atoms with Crippen LogP contribution >= 0.6 is 0 Å². The lowest BCUT2D eigenvalue weighted by Gasteiger charge is -2.35. The van der Waals surface area contributed by atoms with Gasteiger partial charge in [0.25, 0.3) is 0 Å². The van der Waals surface area contributed by atoms with Gasteiger partial charge in [0.15, 0.2) is 0 Å². The first-order chi connectivity index (χ1) is 35.0. The average molecular weight is 937 g/mol. The Bertz CT molecular complexity index is 3390. The number of hydrogen-bond donors (Lipinski definition) is 0. The van der Waals surface area contributed by atoms with E-state index >= 15 is 0 Å². The Kier molecular flexibility index (Phi) is 11.8. The maximum absolute atomic E-state index is 2.67. The third-order valence-corrected chi connectivity index (χ3v) is 16.8. The van der Waals surface area contributed by atoms with Crippen molar-refractivity contribution in [1.29, 1.82) is 0 Å². The van der Waals surface area contributed by atoms with Gasteiger partial charge in [0, 0.05) is 27.5 Å². The predicted octanol–water partition coefficient (Wildman–Crippen LogP) is 20.7. The number of hydrogen-bond acceptors (Lipinski definition) is 2. The fraction of sp³-hybridized carbons (Fsp3) is 0.257. The van der Waals surface area contributed by atoms with Crippen molar-refractivity contribution < 1.29 is 0 Å². The highest BCUT2D eigenvalue weighted by molar-refractivity contribution is 6.29. The van der Waals surface area contributed by atoms with Crippen molar-refractivity contribution in [2.24, 2.45) is 0 Å². The lowest BCUT2D eigenvalue weighted by molar-refractivity contribution is 0.591. The Morgan fingerprint density at radius 1 is 0.403 bits per heavy atom. The smallest absolute Gasteiger partial charge is 0.0561 e. The number of nitrogens with zero attached hydrogens (tertiary/aromatic N) is 2. The van der Waals surface area contributed by atoms with Crippen molar-refractivity contribution in [2.75, 3.05) is 9.80 Å². The summed E-state index contributed by atoms with van der Waals surface area (Å²) in [6.07, 6.45) is 10.2. The summed E-state index contributed by atoms with van der Waals surface area (Å²) in [7, 11) is 0. The van der Waals surface area contributed by atoms with E-state index in [1.54, 1.807) is 0 Å². The number of anilines is 6. The van der Waals surface area contributed by atoms with Crippen LogP contribution in [-0.4, -0.2) is 0 Å². The van der Waals surface area contributed by atoms with Gasteiger partial charge in [-0.05, 0) is 178 Å². The molecule has 0 saturated heterocycles. The van der Waals surface area contributed by atoms with Gasteiger partial charge in [-0.15, -0.1) is 0 Å². The number of benzene rings is 10. The van der Waals surface area contributed by atoms with Crippen LogP contribution in [0, 0.1) is 27.7 Å². The van der Waals surface area contributed by atoms with Crippen LogP contribution in [0.3, 0.4) is 0 Å². The largest absolute Gasteiger partial charge is 0.309 e. The van der Waals surface area contributed by atoms with Crippen LogP contribution in [0.25, 0.3) is 54.6 Å². The Labute approximate surface area is 428 Å². The van der Waals surface area contributed by atoms with E-state index in [-0.39, 0.29) is 5.41 Å². The molecule has 0 aromatic heterocycles. The van der Waals surface area contributed by atoms with E-state index in [1.807, 2.05) is 0 Å². The molecule has 0 unspecified atom stereocenters. The molecular formula is C70H68N2. The molecule has 2 aliphatic carbocycles. The highest BCUT2D eigenvalue weighted by Crippen LogP contribution is 2.54. The maximum atomic E-state index is 2.67. The van der Waals surface area contributed by atoms with Crippen LogP contribution in [0.4, 0.5) is 34.1 Å². The van der Waals surface area contributed by atoms with Crippen molar-refractivity contribution in [3.05, 3.63) is 215 Å². The van der Waals surface area contributed by atoms with Crippen LogP contribution < -0.4 is 9.80 Å². The Morgan fingerprint density at radius 3 is 1.25 bits per heavy atom. The van der Waals surface area contributed by atoms with Gasteiger partial charge in [-0.25, -0.2) is 0 Å². The molecule has 12 rings (SSSR count). The molecule has 0 N–H and O–H groups in total. The van der Waals surface area contributed by atoms with Crippen LogP contribution in [-0.2, 0) is 5.41 Å². The van der Waals surface area contributed by atoms with Gasteiger partial charge < -0.3 is 9.80 Å². The number of aryl methyl sites for hydroxylation is 2. The van der Waals surface area contributed by atoms with Gasteiger partial charge >= 0.3 is 0 Å². The zero-order chi connectivity index (χ0) is 49.3. The van der Waals surface area contributed by atoms with Crippen LogP contribution in [0.1, 0.15) is 123 Å². The normalized spacial score (nSPS) is 14.6. The predicted molar refractivity (Wildman–Crippen MR) is 310 cm³/mol. The highest BCUT2D eigenvalue weighted by Gasteiger charge is 2.30. The zero-order valence-electron chi connectivity index (χ0n) is 43.4. The quantitative estimate of drug-likeness (QED) is 0.126. The molecule has 0 spiro atoms. The molecule has 2 fully saturated rings. The van der Waals surface area contributed by atoms with Gasteiger partial charge in [-0.2, -0.15) is 0 Å². The lowest BCUT2D eigenvalue weighted by atomic mass is 9.83. The summed E-state index contributed by atoms with van der Waals surface area (Å²) in [5, 5.41) is 7.75. The minimum absolute atomic E-state index is 0.000682. The molecule has 0 aliphatic heterocycles. The molecule has 2 heteroatoms. The first kappa shape index (κ1) is 45.9. The van der Waals surface area contributed by atoms with E-state index in [9.17, 15) is 0 Å².